The van der Waals surface area contributed by atoms with E-state index in [-0.39, 0.29) is 15.6 Å². The van der Waals surface area contributed by atoms with E-state index in [0.717, 1.165) is 17.0 Å². The molecule has 7 nitrogen and oxygen atoms in total. The average molecular weight is 355 g/mol. The highest BCUT2D eigenvalue weighted by atomic mass is 32.1. The van der Waals surface area contributed by atoms with Gasteiger partial charge in [-0.1, -0.05) is 19.3 Å². The fourth-order valence-electron chi connectivity index (χ4n) is 2.82. The molecule has 0 atom stereocenters. The molecule has 0 spiro atoms. The lowest BCUT2D eigenvalue weighted by atomic mass is 9.95. The number of rotatable bonds is 5. The van der Waals surface area contributed by atoms with E-state index in [1.165, 1.54) is 38.2 Å². The summed E-state index contributed by atoms with van der Waals surface area (Å²) in [7, 11) is 0. The summed E-state index contributed by atoms with van der Waals surface area (Å²) in [4.78, 5) is 10.3. The predicted octanol–water partition coefficient (Wildman–Crippen LogP) is 5.69. The van der Waals surface area contributed by atoms with Gasteiger partial charge in [0.2, 0.25) is 0 Å². The van der Waals surface area contributed by atoms with Crippen LogP contribution in [0.25, 0.3) is 0 Å². The van der Waals surface area contributed by atoms with Gasteiger partial charge in [0.15, 0.2) is 5.00 Å². The van der Waals surface area contributed by atoms with E-state index >= 15 is 0 Å². The monoisotopic (exact) mass is 355 g/mol. The summed E-state index contributed by atoms with van der Waals surface area (Å²) in [5.74, 6) is 0. The van der Waals surface area contributed by atoms with Gasteiger partial charge >= 0.3 is 5.00 Å². The number of nitrogens with one attached hydrogen (secondary N) is 1. The van der Waals surface area contributed by atoms with Gasteiger partial charge in [-0.3, -0.25) is 10.1 Å². The Kier molecular flexibility index (Phi) is 5.36. The van der Waals surface area contributed by atoms with Crippen molar-refractivity contribution in [3.8, 4) is 6.07 Å². The quantitative estimate of drug-likeness (QED) is 0.422. The second kappa shape index (κ2) is 7.85. The van der Waals surface area contributed by atoms with Gasteiger partial charge in [0.05, 0.1) is 16.2 Å². The van der Waals surface area contributed by atoms with Crippen LogP contribution in [0.4, 0.5) is 21.4 Å². The zero-order valence-electron chi connectivity index (χ0n) is 13.5. The lowest BCUT2D eigenvalue weighted by Gasteiger charge is -2.23. The summed E-state index contributed by atoms with van der Waals surface area (Å²) in [6, 6.07) is 11.2. The first-order chi connectivity index (χ1) is 12.2. The number of hydrogen-bond donors (Lipinski definition) is 1. The van der Waals surface area contributed by atoms with Crippen LogP contribution >= 0.6 is 11.3 Å². The minimum absolute atomic E-state index is 0.113. The molecule has 0 unspecified atom stereocenters. The molecule has 8 heteroatoms. The van der Waals surface area contributed by atoms with Crippen molar-refractivity contribution >= 4 is 32.7 Å². The number of benzene rings is 1. The Balaban J connectivity index is 1.67. The summed E-state index contributed by atoms with van der Waals surface area (Å²) in [6.45, 7) is 0. The molecule has 0 bridgehead atoms. The van der Waals surface area contributed by atoms with Gasteiger partial charge in [0.25, 0.3) is 0 Å². The molecule has 0 radical (unpaired) electrons. The highest BCUT2D eigenvalue weighted by molar-refractivity contribution is 7.19. The molecule has 1 aromatic carbocycles. The van der Waals surface area contributed by atoms with Crippen molar-refractivity contribution in [3.63, 3.8) is 0 Å². The maximum atomic E-state index is 10.8. The highest BCUT2D eigenvalue weighted by Crippen LogP contribution is 2.36. The molecule has 0 saturated heterocycles. The van der Waals surface area contributed by atoms with Crippen LogP contribution in [0.5, 0.6) is 0 Å². The first kappa shape index (κ1) is 17.0. The lowest BCUT2D eigenvalue weighted by molar-refractivity contribution is -0.380. The van der Waals surface area contributed by atoms with Crippen molar-refractivity contribution in [2.24, 2.45) is 10.2 Å². The molecule has 0 amide bonds. The molecular weight excluding hydrogens is 338 g/mol. The van der Waals surface area contributed by atoms with Gasteiger partial charge in [-0.15, -0.1) is 10.2 Å². The van der Waals surface area contributed by atoms with Crippen molar-refractivity contribution in [1.82, 2.24) is 0 Å². The topological polar surface area (TPSA) is 104 Å². The first-order valence-electron chi connectivity index (χ1n) is 8.12. The maximum absolute atomic E-state index is 10.8. The third-order valence-electron chi connectivity index (χ3n) is 4.10. The Morgan fingerprint density at radius 3 is 2.56 bits per heavy atom. The van der Waals surface area contributed by atoms with E-state index in [0.29, 0.717) is 11.7 Å². The van der Waals surface area contributed by atoms with Crippen LogP contribution in [0.1, 0.15) is 37.7 Å². The molecule has 1 aliphatic carbocycles. The Labute approximate surface area is 149 Å². The Hall–Kier alpha value is -2.79. The third-order valence-corrected chi connectivity index (χ3v) is 5.07. The summed E-state index contributed by atoms with van der Waals surface area (Å²) < 4.78 is 0. The number of nitrogens with zero attached hydrogens (tertiary/aromatic N) is 4. The van der Waals surface area contributed by atoms with Gasteiger partial charge in [-0.05, 0) is 48.4 Å². The number of thiophene rings is 1. The SMILES string of the molecule is N#Cc1cc([N+](=O)[O-])sc1N=Nc1ccc(NC2CCCCC2)cc1. The smallest absolute Gasteiger partial charge is 0.327 e. The second-order valence-electron chi connectivity index (χ2n) is 5.90. The van der Waals surface area contributed by atoms with E-state index in [4.69, 9.17) is 5.26 Å². The van der Waals surface area contributed by atoms with Crippen LogP contribution in [-0.4, -0.2) is 11.0 Å². The molecule has 1 N–H and O–H groups in total. The molecule has 1 saturated carbocycles. The Bertz CT molecular complexity index is 817. The molecule has 1 aliphatic rings. The van der Waals surface area contributed by atoms with Crippen LogP contribution < -0.4 is 5.32 Å². The highest BCUT2D eigenvalue weighted by Gasteiger charge is 2.16. The standard InChI is InChI=1S/C17H17N5O2S/c18-11-12-10-16(22(23)24)25-17(12)21-20-15-8-6-14(7-9-15)19-13-4-2-1-3-5-13/h6-10,13,19H,1-5H2. The zero-order valence-corrected chi connectivity index (χ0v) is 14.3. The summed E-state index contributed by atoms with van der Waals surface area (Å²) in [5, 5.41) is 31.5. The normalized spacial score (nSPS) is 15.2. The Morgan fingerprint density at radius 2 is 1.92 bits per heavy atom. The van der Waals surface area contributed by atoms with E-state index in [2.05, 4.69) is 15.5 Å². The fraction of sp³-hybridized carbons (Fsp3) is 0.353. The molecule has 1 aromatic heterocycles. The van der Waals surface area contributed by atoms with Gasteiger partial charge in [0.1, 0.15) is 6.07 Å². The minimum atomic E-state index is -0.531. The lowest BCUT2D eigenvalue weighted by Crippen LogP contribution is -2.21. The molecule has 25 heavy (non-hydrogen) atoms. The van der Waals surface area contributed by atoms with Crippen LogP contribution in [0.2, 0.25) is 0 Å². The van der Waals surface area contributed by atoms with Crippen LogP contribution in [0.3, 0.4) is 0 Å². The van der Waals surface area contributed by atoms with Crippen molar-refractivity contribution in [2.75, 3.05) is 5.32 Å². The number of hydrogen-bond acceptors (Lipinski definition) is 7. The fourth-order valence-corrected chi connectivity index (χ4v) is 3.57. The molecule has 1 fully saturated rings. The van der Waals surface area contributed by atoms with E-state index in [9.17, 15) is 10.1 Å². The average Bonchev–Trinajstić information content (AvgIpc) is 3.06. The molecular formula is C17H17N5O2S. The van der Waals surface area contributed by atoms with Gasteiger partial charge in [0, 0.05) is 17.8 Å². The van der Waals surface area contributed by atoms with Crippen molar-refractivity contribution < 1.29 is 4.92 Å². The van der Waals surface area contributed by atoms with E-state index in [1.807, 2.05) is 30.3 Å². The molecule has 0 aliphatic heterocycles. The number of azo groups is 1. The van der Waals surface area contributed by atoms with Crippen molar-refractivity contribution in [1.29, 1.82) is 5.26 Å². The molecule has 1 heterocycles. The Morgan fingerprint density at radius 1 is 1.20 bits per heavy atom. The van der Waals surface area contributed by atoms with Crippen molar-refractivity contribution in [3.05, 3.63) is 46.0 Å². The minimum Gasteiger partial charge on any atom is -0.382 e. The summed E-state index contributed by atoms with van der Waals surface area (Å²) >= 11 is 0.844. The van der Waals surface area contributed by atoms with E-state index < -0.39 is 4.92 Å². The number of nitriles is 1. The van der Waals surface area contributed by atoms with E-state index in [1.54, 1.807) is 0 Å². The number of anilines is 1. The van der Waals surface area contributed by atoms with Crippen LogP contribution in [-0.2, 0) is 0 Å². The summed E-state index contributed by atoms with van der Waals surface area (Å²) in [6.07, 6.45) is 6.28. The summed E-state index contributed by atoms with van der Waals surface area (Å²) in [5.41, 5.74) is 1.85. The van der Waals surface area contributed by atoms with Gasteiger partial charge < -0.3 is 5.32 Å². The largest absolute Gasteiger partial charge is 0.382 e. The predicted molar refractivity (Wildman–Crippen MR) is 96.8 cm³/mol. The molecule has 2 aromatic rings. The zero-order chi connectivity index (χ0) is 17.6. The van der Waals surface area contributed by atoms with Crippen LogP contribution in [0, 0.1) is 21.4 Å². The van der Waals surface area contributed by atoms with Crippen molar-refractivity contribution in [2.45, 2.75) is 38.1 Å². The third kappa shape index (κ3) is 4.39. The van der Waals surface area contributed by atoms with Crippen LogP contribution in [0.15, 0.2) is 40.6 Å². The molecule has 128 valence electrons. The molecule has 3 rings (SSSR count). The van der Waals surface area contributed by atoms with Gasteiger partial charge in [-0.25, -0.2) is 0 Å². The second-order valence-corrected chi connectivity index (χ2v) is 6.91. The maximum Gasteiger partial charge on any atom is 0.327 e. The van der Waals surface area contributed by atoms with Gasteiger partial charge in [-0.2, -0.15) is 5.26 Å². The number of nitro groups is 1. The first-order valence-corrected chi connectivity index (χ1v) is 8.94.